The maximum absolute atomic E-state index is 13.4. The third-order valence-electron chi connectivity index (χ3n) is 7.71. The molecule has 1 unspecified atom stereocenters. The van der Waals surface area contributed by atoms with Crippen LogP contribution in [-0.4, -0.2) is 40.9 Å². The van der Waals surface area contributed by atoms with Crippen LogP contribution >= 0.6 is 11.6 Å². The normalized spacial score (nSPS) is 20.3. The molecule has 1 saturated heterocycles. The fourth-order valence-electron chi connectivity index (χ4n) is 5.45. The Kier molecular flexibility index (Phi) is 7.68. The van der Waals surface area contributed by atoms with E-state index in [1.54, 1.807) is 13.0 Å². The summed E-state index contributed by atoms with van der Waals surface area (Å²) >= 11 is 6.40. The third-order valence-corrected chi connectivity index (χ3v) is 8.02. The van der Waals surface area contributed by atoms with Crippen LogP contribution in [0.2, 0.25) is 5.02 Å². The van der Waals surface area contributed by atoms with E-state index < -0.39 is 23.6 Å². The van der Waals surface area contributed by atoms with E-state index in [1.165, 1.54) is 18.6 Å². The van der Waals surface area contributed by atoms with E-state index >= 15 is 0 Å². The molecule has 2 aliphatic rings. The Balaban J connectivity index is 1.48. The van der Waals surface area contributed by atoms with E-state index in [-0.39, 0.29) is 22.4 Å². The van der Waals surface area contributed by atoms with Crippen LogP contribution in [0.1, 0.15) is 55.5 Å². The van der Waals surface area contributed by atoms with Gasteiger partial charge in [-0.15, -0.1) is 0 Å². The number of rotatable bonds is 6. The Bertz CT molecular complexity index is 1440. The predicted molar refractivity (Wildman–Crippen MR) is 149 cm³/mol. The molecule has 2 aliphatic heterocycles. The van der Waals surface area contributed by atoms with E-state index in [0.29, 0.717) is 40.7 Å². The average Bonchev–Trinajstić information content (AvgIpc) is 3.35. The largest absolute Gasteiger partial charge is 0.508 e. The van der Waals surface area contributed by atoms with E-state index in [9.17, 15) is 23.4 Å². The van der Waals surface area contributed by atoms with Crippen LogP contribution in [0.5, 0.6) is 23.0 Å². The van der Waals surface area contributed by atoms with Crippen LogP contribution in [0.25, 0.3) is 11.1 Å². The summed E-state index contributed by atoms with van der Waals surface area (Å²) in [6, 6.07) is 14.1. The Labute approximate surface area is 236 Å². The van der Waals surface area contributed by atoms with Crippen LogP contribution in [0, 0.1) is 5.92 Å². The van der Waals surface area contributed by atoms with Crippen molar-refractivity contribution in [3.05, 3.63) is 81.9 Å². The SMILES string of the molecule is CC1=C(c2cc(O)c(C(F)(F)F)cc2Cl)C(c2ccc(OC[C@H](C)N3CC[C@@H](C)C3)cc2)Oc2ccc(O)cc21. The van der Waals surface area contributed by atoms with E-state index in [4.69, 9.17) is 21.1 Å². The molecular formula is C31H31ClF3NO4. The summed E-state index contributed by atoms with van der Waals surface area (Å²) < 4.78 is 52.7. The van der Waals surface area contributed by atoms with Crippen LogP contribution in [-0.2, 0) is 6.18 Å². The fourth-order valence-corrected chi connectivity index (χ4v) is 5.71. The lowest BCUT2D eigenvalue weighted by molar-refractivity contribution is -0.138. The molecule has 2 N–H and O–H groups in total. The lowest BCUT2D eigenvalue weighted by atomic mass is 9.85. The number of fused-ring (bicyclic) bond motifs is 1. The predicted octanol–water partition coefficient (Wildman–Crippen LogP) is 7.94. The Morgan fingerprint density at radius 3 is 2.45 bits per heavy atom. The second kappa shape index (κ2) is 10.9. The molecule has 40 heavy (non-hydrogen) atoms. The Morgan fingerprint density at radius 2 is 1.80 bits per heavy atom. The first-order chi connectivity index (χ1) is 18.9. The van der Waals surface area contributed by atoms with Gasteiger partial charge in [-0.25, -0.2) is 0 Å². The average molecular weight is 574 g/mol. The maximum atomic E-state index is 13.4. The number of phenolic OH excluding ortho intramolecular Hbond substituents is 2. The van der Waals surface area contributed by atoms with Gasteiger partial charge in [0.15, 0.2) is 0 Å². The van der Waals surface area contributed by atoms with Gasteiger partial charge < -0.3 is 19.7 Å². The van der Waals surface area contributed by atoms with Crippen molar-refractivity contribution < 1.29 is 32.9 Å². The molecule has 0 aliphatic carbocycles. The minimum Gasteiger partial charge on any atom is -0.508 e. The van der Waals surface area contributed by atoms with Crippen LogP contribution in [0.15, 0.2) is 54.6 Å². The van der Waals surface area contributed by atoms with Crippen LogP contribution in [0.3, 0.4) is 0 Å². The number of benzene rings is 3. The summed E-state index contributed by atoms with van der Waals surface area (Å²) in [6.45, 7) is 8.88. The molecular weight excluding hydrogens is 543 g/mol. The van der Waals surface area contributed by atoms with Crippen molar-refractivity contribution in [2.75, 3.05) is 19.7 Å². The molecule has 0 radical (unpaired) electrons. The molecule has 212 valence electrons. The summed E-state index contributed by atoms with van der Waals surface area (Å²) in [4.78, 5) is 2.42. The van der Waals surface area contributed by atoms with Gasteiger partial charge in [-0.1, -0.05) is 30.7 Å². The van der Waals surface area contributed by atoms with Gasteiger partial charge in [-0.05, 0) is 86.3 Å². The first kappa shape index (κ1) is 28.2. The smallest absolute Gasteiger partial charge is 0.420 e. The van der Waals surface area contributed by atoms with Gasteiger partial charge in [-0.2, -0.15) is 13.2 Å². The third kappa shape index (κ3) is 5.60. The first-order valence-corrected chi connectivity index (χ1v) is 13.6. The highest BCUT2D eigenvalue weighted by Crippen LogP contribution is 2.50. The van der Waals surface area contributed by atoms with Crippen molar-refractivity contribution in [3.63, 3.8) is 0 Å². The fraction of sp³-hybridized carbons (Fsp3) is 0.355. The summed E-state index contributed by atoms with van der Waals surface area (Å²) in [5.74, 6) is 0.969. The highest BCUT2D eigenvalue weighted by atomic mass is 35.5. The number of nitrogens with zero attached hydrogens (tertiary/aromatic N) is 1. The van der Waals surface area contributed by atoms with Gasteiger partial charge in [0, 0.05) is 34.3 Å². The molecule has 5 rings (SSSR count). The molecule has 0 spiro atoms. The standard InChI is InChI=1S/C31H31ClF3NO4/c1-17-10-11-36(15-17)18(2)16-39-22-7-4-20(5-8-22)30-29(19(3)23-12-21(37)6-9-28(23)40-30)24-13-27(38)25(14-26(24)32)31(33,34)35/h4-9,12-14,17-18,30,37-38H,10-11,15-16H2,1-3H3/t17-,18+,30?/m1/s1. The molecule has 0 amide bonds. The molecule has 0 bridgehead atoms. The van der Waals surface area contributed by atoms with Crippen molar-refractivity contribution in [1.29, 1.82) is 0 Å². The zero-order valence-corrected chi connectivity index (χ0v) is 23.2. The van der Waals surface area contributed by atoms with Gasteiger partial charge >= 0.3 is 6.18 Å². The van der Waals surface area contributed by atoms with E-state index in [1.807, 2.05) is 24.3 Å². The number of aromatic hydroxyl groups is 2. The Hall–Kier alpha value is -3.36. The van der Waals surface area contributed by atoms with Gasteiger partial charge in [0.25, 0.3) is 0 Å². The monoisotopic (exact) mass is 573 g/mol. The summed E-state index contributed by atoms with van der Waals surface area (Å²) in [7, 11) is 0. The molecule has 5 nitrogen and oxygen atoms in total. The van der Waals surface area contributed by atoms with Gasteiger partial charge in [-0.3, -0.25) is 4.90 Å². The number of phenols is 2. The molecule has 2 heterocycles. The number of allylic oxidation sites excluding steroid dienone is 1. The van der Waals surface area contributed by atoms with Crippen molar-refractivity contribution >= 4 is 22.7 Å². The van der Waals surface area contributed by atoms with Gasteiger partial charge in [0.05, 0.1) is 5.56 Å². The van der Waals surface area contributed by atoms with Gasteiger partial charge in [0.1, 0.15) is 35.7 Å². The Morgan fingerprint density at radius 1 is 1.07 bits per heavy atom. The van der Waals surface area contributed by atoms with Crippen LogP contribution < -0.4 is 9.47 Å². The molecule has 1 fully saturated rings. The summed E-state index contributed by atoms with van der Waals surface area (Å²) in [6.07, 6.45) is -4.32. The number of alkyl halides is 3. The summed E-state index contributed by atoms with van der Waals surface area (Å²) in [5.41, 5.74) is 1.42. The van der Waals surface area contributed by atoms with Gasteiger partial charge in [0.2, 0.25) is 0 Å². The molecule has 0 saturated carbocycles. The maximum Gasteiger partial charge on any atom is 0.420 e. The highest BCUT2D eigenvalue weighted by Gasteiger charge is 2.37. The molecule has 0 aromatic heterocycles. The lowest BCUT2D eigenvalue weighted by Crippen LogP contribution is -2.35. The molecule has 3 aromatic carbocycles. The van der Waals surface area contributed by atoms with Crippen molar-refractivity contribution in [3.8, 4) is 23.0 Å². The minimum atomic E-state index is -4.77. The second-order valence-electron chi connectivity index (χ2n) is 10.7. The van der Waals surface area contributed by atoms with Crippen molar-refractivity contribution in [2.24, 2.45) is 5.92 Å². The van der Waals surface area contributed by atoms with Crippen molar-refractivity contribution in [1.82, 2.24) is 4.90 Å². The highest BCUT2D eigenvalue weighted by molar-refractivity contribution is 6.33. The first-order valence-electron chi connectivity index (χ1n) is 13.2. The molecule has 9 heteroatoms. The summed E-state index contributed by atoms with van der Waals surface area (Å²) in [5, 5.41) is 20.2. The molecule has 3 aromatic rings. The zero-order chi connectivity index (χ0) is 28.8. The lowest BCUT2D eigenvalue weighted by Gasteiger charge is -2.32. The number of ether oxygens (including phenoxy) is 2. The molecule has 3 atom stereocenters. The quantitative estimate of drug-likeness (QED) is 0.313. The number of hydrogen-bond donors (Lipinski definition) is 2. The number of likely N-dealkylation sites (tertiary alicyclic amines) is 1. The number of halogens is 4. The number of hydrogen-bond acceptors (Lipinski definition) is 5. The topological polar surface area (TPSA) is 62.2 Å². The second-order valence-corrected chi connectivity index (χ2v) is 11.1. The van der Waals surface area contributed by atoms with E-state index in [2.05, 4.69) is 18.7 Å². The van der Waals surface area contributed by atoms with Crippen molar-refractivity contribution in [2.45, 2.75) is 45.5 Å². The van der Waals surface area contributed by atoms with E-state index in [0.717, 1.165) is 30.8 Å². The zero-order valence-electron chi connectivity index (χ0n) is 22.4. The van der Waals surface area contributed by atoms with Crippen LogP contribution in [0.4, 0.5) is 13.2 Å². The minimum absolute atomic E-state index is 0.0139.